The topological polar surface area (TPSA) is 41.6 Å². The molecule has 0 bridgehead atoms. The molecule has 1 unspecified atom stereocenters. The van der Waals surface area contributed by atoms with Crippen LogP contribution in [-0.4, -0.2) is 25.6 Å². The summed E-state index contributed by atoms with van der Waals surface area (Å²) in [5.74, 6) is 0.546. The minimum atomic E-state index is -0.131. The summed E-state index contributed by atoms with van der Waals surface area (Å²) in [4.78, 5) is 14.8. The largest absolute Gasteiger partial charge is 0.497 e. The molecule has 0 radical (unpaired) electrons. The van der Waals surface area contributed by atoms with E-state index in [1.165, 1.54) is 24.9 Å². The number of nitrogens with zero attached hydrogens (tertiary/aromatic N) is 1. The van der Waals surface area contributed by atoms with Crippen molar-refractivity contribution in [2.75, 3.05) is 23.9 Å². The molecule has 1 atom stereocenters. The molecule has 3 rings (SSSR count). The zero-order valence-corrected chi connectivity index (χ0v) is 14.3. The molecule has 0 saturated carbocycles. The van der Waals surface area contributed by atoms with Crippen LogP contribution in [0.4, 0.5) is 11.4 Å². The van der Waals surface area contributed by atoms with Crippen LogP contribution in [0.15, 0.2) is 48.5 Å². The third-order valence-corrected chi connectivity index (χ3v) is 4.59. The number of methoxy groups -OCH3 is 1. The van der Waals surface area contributed by atoms with Gasteiger partial charge in [-0.05, 0) is 68.7 Å². The van der Waals surface area contributed by atoms with Crippen molar-refractivity contribution in [3.63, 3.8) is 0 Å². The van der Waals surface area contributed by atoms with E-state index in [-0.39, 0.29) is 5.91 Å². The Morgan fingerprint density at radius 1 is 1.17 bits per heavy atom. The number of benzene rings is 2. The van der Waals surface area contributed by atoms with Gasteiger partial charge in [0.2, 0.25) is 0 Å². The van der Waals surface area contributed by atoms with E-state index < -0.39 is 0 Å². The van der Waals surface area contributed by atoms with E-state index in [4.69, 9.17) is 4.74 Å². The number of hydrogen-bond acceptors (Lipinski definition) is 3. The second-order valence-corrected chi connectivity index (χ2v) is 6.27. The van der Waals surface area contributed by atoms with Crippen LogP contribution in [0.25, 0.3) is 0 Å². The van der Waals surface area contributed by atoms with Gasteiger partial charge in [0.25, 0.3) is 5.91 Å². The van der Waals surface area contributed by atoms with Crippen molar-refractivity contribution in [1.82, 2.24) is 0 Å². The summed E-state index contributed by atoms with van der Waals surface area (Å²) in [6, 6.07) is 15.8. The number of hydrogen-bond donors (Lipinski definition) is 1. The fourth-order valence-corrected chi connectivity index (χ4v) is 3.19. The average molecular weight is 324 g/mol. The smallest absolute Gasteiger partial charge is 0.255 e. The van der Waals surface area contributed by atoms with Gasteiger partial charge in [0.15, 0.2) is 0 Å². The number of carbonyl (C=O) groups is 1. The van der Waals surface area contributed by atoms with Gasteiger partial charge in [-0.25, -0.2) is 0 Å². The Bertz CT molecular complexity index is 697. The Balaban J connectivity index is 1.68. The van der Waals surface area contributed by atoms with E-state index in [0.717, 1.165) is 12.2 Å². The van der Waals surface area contributed by atoms with Crippen LogP contribution >= 0.6 is 0 Å². The van der Waals surface area contributed by atoms with Crippen molar-refractivity contribution < 1.29 is 9.53 Å². The Hall–Kier alpha value is -2.49. The van der Waals surface area contributed by atoms with E-state index in [1.807, 2.05) is 24.3 Å². The number of piperidine rings is 1. The molecular weight excluding hydrogens is 300 g/mol. The normalized spacial score (nSPS) is 17.4. The lowest BCUT2D eigenvalue weighted by molar-refractivity contribution is 0.102. The molecule has 0 aromatic heterocycles. The first kappa shape index (κ1) is 16.4. The molecule has 126 valence electrons. The highest BCUT2D eigenvalue weighted by atomic mass is 16.5. The highest BCUT2D eigenvalue weighted by Gasteiger charge is 2.18. The maximum Gasteiger partial charge on any atom is 0.255 e. The molecule has 1 aliphatic rings. The second kappa shape index (κ2) is 7.39. The standard InChI is InChI=1S/C20H24N2O2/c1-15-6-3-4-13-22(15)18-11-9-17(10-12-18)21-20(23)16-7-5-8-19(14-16)24-2/h5,7-12,14-15H,3-4,6,13H2,1-2H3,(H,21,23). The van der Waals surface area contributed by atoms with Gasteiger partial charge in [0.1, 0.15) is 5.75 Å². The SMILES string of the molecule is COc1cccc(C(=O)Nc2ccc(N3CCCCC3C)cc2)c1. The molecule has 2 aromatic carbocycles. The lowest BCUT2D eigenvalue weighted by Crippen LogP contribution is -2.37. The van der Waals surface area contributed by atoms with Crippen molar-refractivity contribution in [1.29, 1.82) is 0 Å². The van der Waals surface area contributed by atoms with Crippen molar-refractivity contribution >= 4 is 17.3 Å². The molecule has 1 amide bonds. The van der Waals surface area contributed by atoms with Crippen LogP contribution in [0.2, 0.25) is 0 Å². The lowest BCUT2D eigenvalue weighted by atomic mass is 10.0. The van der Waals surface area contributed by atoms with Crippen LogP contribution in [0.5, 0.6) is 5.75 Å². The molecule has 0 aliphatic carbocycles. The molecule has 1 heterocycles. The molecule has 1 aliphatic heterocycles. The number of carbonyl (C=O) groups excluding carboxylic acids is 1. The Morgan fingerprint density at radius 2 is 1.96 bits per heavy atom. The molecule has 2 aromatic rings. The summed E-state index contributed by atoms with van der Waals surface area (Å²) in [5, 5.41) is 2.94. The number of amides is 1. The fraction of sp³-hybridized carbons (Fsp3) is 0.350. The monoisotopic (exact) mass is 324 g/mol. The first-order valence-electron chi connectivity index (χ1n) is 8.49. The fourth-order valence-electron chi connectivity index (χ4n) is 3.19. The number of rotatable bonds is 4. The van der Waals surface area contributed by atoms with Gasteiger partial charge in [0, 0.05) is 29.5 Å². The molecule has 4 nitrogen and oxygen atoms in total. The first-order chi connectivity index (χ1) is 11.7. The number of anilines is 2. The minimum Gasteiger partial charge on any atom is -0.497 e. The molecule has 4 heteroatoms. The van der Waals surface area contributed by atoms with Crippen LogP contribution in [0.3, 0.4) is 0 Å². The van der Waals surface area contributed by atoms with Crippen LogP contribution in [-0.2, 0) is 0 Å². The second-order valence-electron chi connectivity index (χ2n) is 6.27. The Kier molecular flexibility index (Phi) is 5.04. The summed E-state index contributed by atoms with van der Waals surface area (Å²) in [6.07, 6.45) is 3.80. The van der Waals surface area contributed by atoms with Crippen molar-refractivity contribution in [2.24, 2.45) is 0 Å². The highest BCUT2D eigenvalue weighted by molar-refractivity contribution is 6.04. The maximum atomic E-state index is 12.3. The highest BCUT2D eigenvalue weighted by Crippen LogP contribution is 2.26. The van der Waals surface area contributed by atoms with E-state index in [1.54, 1.807) is 19.2 Å². The zero-order chi connectivity index (χ0) is 16.9. The lowest BCUT2D eigenvalue weighted by Gasteiger charge is -2.35. The van der Waals surface area contributed by atoms with Crippen LogP contribution in [0, 0.1) is 0 Å². The van der Waals surface area contributed by atoms with Crippen LogP contribution in [0.1, 0.15) is 36.5 Å². The van der Waals surface area contributed by atoms with Gasteiger partial charge in [-0.1, -0.05) is 6.07 Å². The summed E-state index contributed by atoms with van der Waals surface area (Å²) < 4.78 is 5.16. The number of ether oxygens (including phenoxy) is 1. The summed E-state index contributed by atoms with van der Waals surface area (Å²) >= 11 is 0. The summed E-state index contributed by atoms with van der Waals surface area (Å²) in [6.45, 7) is 3.38. The van der Waals surface area contributed by atoms with E-state index in [0.29, 0.717) is 17.4 Å². The third-order valence-electron chi connectivity index (χ3n) is 4.59. The molecular formula is C20H24N2O2. The minimum absolute atomic E-state index is 0.131. The maximum absolute atomic E-state index is 12.3. The average Bonchev–Trinajstić information content (AvgIpc) is 2.63. The van der Waals surface area contributed by atoms with E-state index in [9.17, 15) is 4.79 Å². The van der Waals surface area contributed by atoms with Crippen molar-refractivity contribution in [3.05, 3.63) is 54.1 Å². The van der Waals surface area contributed by atoms with Gasteiger partial charge in [0.05, 0.1) is 7.11 Å². The van der Waals surface area contributed by atoms with Gasteiger partial charge in [-0.15, -0.1) is 0 Å². The predicted molar refractivity (Wildman–Crippen MR) is 98.0 cm³/mol. The quantitative estimate of drug-likeness (QED) is 0.910. The molecule has 0 spiro atoms. The van der Waals surface area contributed by atoms with Gasteiger partial charge in [-0.2, -0.15) is 0 Å². The van der Waals surface area contributed by atoms with E-state index >= 15 is 0 Å². The molecule has 1 saturated heterocycles. The van der Waals surface area contributed by atoms with Gasteiger partial charge in [-0.3, -0.25) is 4.79 Å². The summed E-state index contributed by atoms with van der Waals surface area (Å²) in [7, 11) is 1.59. The van der Waals surface area contributed by atoms with E-state index in [2.05, 4.69) is 29.3 Å². The zero-order valence-electron chi connectivity index (χ0n) is 14.3. The van der Waals surface area contributed by atoms with Crippen LogP contribution < -0.4 is 15.0 Å². The molecule has 1 fully saturated rings. The third kappa shape index (κ3) is 3.70. The summed E-state index contributed by atoms with van der Waals surface area (Å²) in [5.41, 5.74) is 2.61. The van der Waals surface area contributed by atoms with Crippen molar-refractivity contribution in [3.8, 4) is 5.75 Å². The Morgan fingerprint density at radius 3 is 2.67 bits per heavy atom. The predicted octanol–water partition coefficient (Wildman–Crippen LogP) is 4.33. The first-order valence-corrected chi connectivity index (χ1v) is 8.49. The Labute approximate surface area is 143 Å². The molecule has 1 N–H and O–H groups in total. The van der Waals surface area contributed by atoms with Gasteiger partial charge >= 0.3 is 0 Å². The van der Waals surface area contributed by atoms with Crippen molar-refractivity contribution in [2.45, 2.75) is 32.2 Å². The molecule has 24 heavy (non-hydrogen) atoms. The number of nitrogens with one attached hydrogen (secondary N) is 1. The van der Waals surface area contributed by atoms with Gasteiger partial charge < -0.3 is 15.0 Å².